The molecule has 8 heteroatoms. The standard InChI is InChI=1S/C32H25IN2O4S/c33-27-16-21(10-12-28(27)39-20-22-9-11-23-5-1-3-7-25(23)15-22)17-29-31(37)35(32(38)40-29)19-30(36)34-14-13-24-6-2-4-8-26(24)18-34/h1-12,15-17H,13-14,18-20H2/b29-17-. The van der Waals surface area contributed by atoms with Crippen LogP contribution < -0.4 is 4.74 Å². The summed E-state index contributed by atoms with van der Waals surface area (Å²) in [6.45, 7) is 1.27. The summed E-state index contributed by atoms with van der Waals surface area (Å²) in [4.78, 5) is 41.8. The van der Waals surface area contributed by atoms with Gasteiger partial charge in [-0.1, -0.05) is 66.7 Å². The molecule has 0 unspecified atom stereocenters. The van der Waals surface area contributed by atoms with E-state index in [9.17, 15) is 14.4 Å². The number of hydrogen-bond acceptors (Lipinski definition) is 5. The normalized spacial score (nSPS) is 16.1. The molecule has 1 saturated heterocycles. The van der Waals surface area contributed by atoms with E-state index in [1.165, 1.54) is 16.3 Å². The van der Waals surface area contributed by atoms with E-state index in [2.05, 4.69) is 59.0 Å². The highest BCUT2D eigenvalue weighted by Crippen LogP contribution is 2.33. The van der Waals surface area contributed by atoms with Crippen molar-refractivity contribution < 1.29 is 19.1 Å². The van der Waals surface area contributed by atoms with Crippen molar-refractivity contribution in [2.75, 3.05) is 13.1 Å². The van der Waals surface area contributed by atoms with Gasteiger partial charge in [0.15, 0.2) is 0 Å². The second-order valence-electron chi connectivity index (χ2n) is 9.76. The SMILES string of the molecule is O=C(CN1C(=O)S/C(=C\c2ccc(OCc3ccc4ccccc4c3)c(I)c2)C1=O)N1CCc2ccccc2C1. The van der Waals surface area contributed by atoms with Crippen molar-refractivity contribution >= 4 is 68.3 Å². The summed E-state index contributed by atoms with van der Waals surface area (Å²) in [5, 5.41) is 1.94. The number of carbonyl (C=O) groups is 3. The molecule has 2 aliphatic heterocycles. The molecule has 0 bridgehead atoms. The van der Waals surface area contributed by atoms with E-state index in [-0.39, 0.29) is 12.5 Å². The van der Waals surface area contributed by atoms with Gasteiger partial charge in [-0.3, -0.25) is 19.3 Å². The minimum atomic E-state index is -0.438. The van der Waals surface area contributed by atoms with E-state index in [1.54, 1.807) is 11.0 Å². The Balaban J connectivity index is 1.09. The lowest BCUT2D eigenvalue weighted by atomic mass is 10.00. The van der Waals surface area contributed by atoms with Crippen LogP contribution in [-0.4, -0.2) is 39.9 Å². The zero-order valence-electron chi connectivity index (χ0n) is 21.5. The van der Waals surface area contributed by atoms with Crippen LogP contribution >= 0.6 is 34.4 Å². The zero-order valence-corrected chi connectivity index (χ0v) is 24.5. The zero-order chi connectivity index (χ0) is 27.6. The first-order chi connectivity index (χ1) is 19.4. The third kappa shape index (κ3) is 5.64. The molecule has 0 atom stereocenters. The molecular weight excluding hydrogens is 635 g/mol. The van der Waals surface area contributed by atoms with Gasteiger partial charge in [0, 0.05) is 13.1 Å². The summed E-state index contributed by atoms with van der Waals surface area (Å²) in [5.74, 6) is 0.0839. The van der Waals surface area contributed by atoms with Gasteiger partial charge in [0.25, 0.3) is 11.1 Å². The number of ether oxygens (including phenoxy) is 1. The van der Waals surface area contributed by atoms with E-state index < -0.39 is 11.1 Å². The Bertz CT molecular complexity index is 1680. The minimum Gasteiger partial charge on any atom is -0.488 e. The van der Waals surface area contributed by atoms with Crippen LogP contribution in [0.2, 0.25) is 0 Å². The lowest BCUT2D eigenvalue weighted by Crippen LogP contribution is -2.44. The molecule has 0 saturated carbocycles. The third-order valence-corrected chi connectivity index (χ3v) is 8.86. The Morgan fingerprint density at radius 1 is 0.925 bits per heavy atom. The highest BCUT2D eigenvalue weighted by Gasteiger charge is 2.37. The van der Waals surface area contributed by atoms with Gasteiger partial charge >= 0.3 is 0 Å². The molecule has 2 heterocycles. The van der Waals surface area contributed by atoms with Crippen molar-refractivity contribution in [1.29, 1.82) is 0 Å². The number of fused-ring (bicyclic) bond motifs is 2. The van der Waals surface area contributed by atoms with Crippen LogP contribution in [-0.2, 0) is 29.2 Å². The smallest absolute Gasteiger partial charge is 0.294 e. The number of amides is 3. The average Bonchev–Trinajstić information content (AvgIpc) is 3.23. The Morgan fingerprint density at radius 2 is 1.70 bits per heavy atom. The van der Waals surface area contributed by atoms with Crippen molar-refractivity contribution in [1.82, 2.24) is 9.80 Å². The predicted octanol–water partition coefficient (Wildman–Crippen LogP) is 6.64. The monoisotopic (exact) mass is 660 g/mol. The van der Waals surface area contributed by atoms with Gasteiger partial charge in [0.1, 0.15) is 18.9 Å². The number of halogens is 1. The molecule has 0 radical (unpaired) electrons. The van der Waals surface area contributed by atoms with Crippen molar-refractivity contribution in [2.24, 2.45) is 0 Å². The Kier molecular flexibility index (Phi) is 7.62. The topological polar surface area (TPSA) is 66.9 Å². The van der Waals surface area contributed by atoms with E-state index in [0.29, 0.717) is 24.6 Å². The fraction of sp³-hybridized carbons (Fsp3) is 0.156. The minimum absolute atomic E-state index is 0.222. The highest BCUT2D eigenvalue weighted by molar-refractivity contribution is 14.1. The number of imide groups is 1. The highest BCUT2D eigenvalue weighted by atomic mass is 127. The molecule has 3 amide bonds. The number of hydrogen-bond donors (Lipinski definition) is 0. The second kappa shape index (κ2) is 11.5. The molecule has 0 aromatic heterocycles. The Morgan fingerprint density at radius 3 is 2.52 bits per heavy atom. The Hall–Kier alpha value is -3.63. The van der Waals surface area contributed by atoms with Crippen LogP contribution in [0.5, 0.6) is 5.75 Å². The van der Waals surface area contributed by atoms with Gasteiger partial charge < -0.3 is 9.64 Å². The van der Waals surface area contributed by atoms with Gasteiger partial charge in [0.05, 0.1) is 8.48 Å². The van der Waals surface area contributed by atoms with Gasteiger partial charge in [-0.15, -0.1) is 0 Å². The van der Waals surface area contributed by atoms with Crippen LogP contribution in [0.3, 0.4) is 0 Å². The van der Waals surface area contributed by atoms with Gasteiger partial charge in [-0.25, -0.2) is 0 Å². The molecule has 4 aromatic carbocycles. The quantitative estimate of drug-likeness (QED) is 0.171. The summed E-state index contributed by atoms with van der Waals surface area (Å²) in [5.41, 5.74) is 4.21. The van der Waals surface area contributed by atoms with Crippen molar-refractivity contribution in [3.05, 3.63) is 116 Å². The van der Waals surface area contributed by atoms with Gasteiger partial charge in [0.2, 0.25) is 5.91 Å². The summed E-state index contributed by atoms with van der Waals surface area (Å²) >= 11 is 3.08. The van der Waals surface area contributed by atoms with Crippen LogP contribution in [0.1, 0.15) is 22.3 Å². The van der Waals surface area contributed by atoms with E-state index in [1.807, 2.05) is 48.5 Å². The van der Waals surface area contributed by atoms with Gasteiger partial charge in [-0.05, 0) is 98.1 Å². The van der Waals surface area contributed by atoms with Crippen LogP contribution in [0, 0.1) is 3.57 Å². The summed E-state index contributed by atoms with van der Waals surface area (Å²) in [6, 6.07) is 28.2. The maximum atomic E-state index is 13.1. The fourth-order valence-electron chi connectivity index (χ4n) is 4.95. The first-order valence-electron chi connectivity index (χ1n) is 12.9. The third-order valence-electron chi connectivity index (χ3n) is 7.11. The maximum absolute atomic E-state index is 13.1. The predicted molar refractivity (Wildman–Crippen MR) is 166 cm³/mol. The molecule has 0 aliphatic carbocycles. The van der Waals surface area contributed by atoms with Crippen molar-refractivity contribution in [3.63, 3.8) is 0 Å². The first kappa shape index (κ1) is 26.6. The summed E-state index contributed by atoms with van der Waals surface area (Å²) in [6.07, 6.45) is 2.46. The molecule has 1 fully saturated rings. The number of thioether (sulfide) groups is 1. The number of benzene rings is 4. The molecule has 6 rings (SSSR count). The van der Waals surface area contributed by atoms with Crippen molar-refractivity contribution in [3.8, 4) is 5.75 Å². The largest absolute Gasteiger partial charge is 0.488 e. The molecule has 4 aromatic rings. The molecule has 0 spiro atoms. The number of carbonyl (C=O) groups excluding carboxylic acids is 3. The second-order valence-corrected chi connectivity index (χ2v) is 11.9. The molecule has 200 valence electrons. The lowest BCUT2D eigenvalue weighted by molar-refractivity contribution is -0.136. The fourth-order valence-corrected chi connectivity index (χ4v) is 6.48. The average molecular weight is 661 g/mol. The van der Waals surface area contributed by atoms with Crippen LogP contribution in [0.15, 0.2) is 89.8 Å². The molecule has 0 N–H and O–H groups in total. The van der Waals surface area contributed by atoms with E-state index in [0.717, 1.165) is 49.1 Å². The molecule has 40 heavy (non-hydrogen) atoms. The Labute approximate surface area is 250 Å². The van der Waals surface area contributed by atoms with Crippen LogP contribution in [0.25, 0.3) is 16.8 Å². The van der Waals surface area contributed by atoms with Crippen molar-refractivity contribution in [2.45, 2.75) is 19.6 Å². The molecule has 2 aliphatic rings. The summed E-state index contributed by atoms with van der Waals surface area (Å²) in [7, 11) is 0. The summed E-state index contributed by atoms with van der Waals surface area (Å²) < 4.78 is 6.97. The molecular formula is C32H25IN2O4S. The van der Waals surface area contributed by atoms with Gasteiger partial charge in [-0.2, -0.15) is 0 Å². The number of nitrogens with zero attached hydrogens (tertiary/aromatic N) is 2. The molecule has 6 nitrogen and oxygen atoms in total. The first-order valence-corrected chi connectivity index (χ1v) is 14.8. The maximum Gasteiger partial charge on any atom is 0.294 e. The van der Waals surface area contributed by atoms with E-state index in [4.69, 9.17) is 4.74 Å². The van der Waals surface area contributed by atoms with Crippen LogP contribution in [0.4, 0.5) is 4.79 Å². The van der Waals surface area contributed by atoms with E-state index >= 15 is 0 Å². The number of rotatable bonds is 6. The lowest BCUT2D eigenvalue weighted by Gasteiger charge is -2.29.